The van der Waals surface area contributed by atoms with Gasteiger partial charge in [-0.15, -0.1) is 0 Å². The summed E-state index contributed by atoms with van der Waals surface area (Å²) in [7, 11) is 0. The van der Waals surface area contributed by atoms with E-state index >= 15 is 0 Å². The molecule has 1 aromatic rings. The van der Waals surface area contributed by atoms with Crippen LogP contribution in [0.15, 0.2) is 21.9 Å². The lowest BCUT2D eigenvalue weighted by atomic mass is 10.1. The zero-order valence-corrected chi connectivity index (χ0v) is 13.8. The third-order valence-electron chi connectivity index (χ3n) is 3.70. The van der Waals surface area contributed by atoms with E-state index in [1.54, 1.807) is 13.8 Å². The van der Waals surface area contributed by atoms with E-state index < -0.39 is 29.4 Å². The quantitative estimate of drug-likeness (QED) is 0.839. The molecule has 0 spiro atoms. The van der Waals surface area contributed by atoms with Gasteiger partial charge in [-0.3, -0.25) is 19.1 Å². The number of carbonyl (C=O) groups is 1. The van der Waals surface area contributed by atoms with Gasteiger partial charge in [0.25, 0.3) is 5.56 Å². The standard InChI is InChI=1S/C14H18N2O6S/c1-7(17)23-6-8-10-11(22-14(2,3)21-10)12(20-8)16-5-4-9(18)15-13(16)19/h4-5,8,10-12H,6H2,1-3H3,(H,15,18,19)/t8-,10-,11-,12-/m1/s1. The van der Waals surface area contributed by atoms with Gasteiger partial charge in [-0.2, -0.15) is 0 Å². The first kappa shape index (κ1) is 16.4. The highest BCUT2D eigenvalue weighted by atomic mass is 32.2. The maximum absolute atomic E-state index is 12.0. The van der Waals surface area contributed by atoms with E-state index in [1.165, 1.54) is 23.8 Å². The van der Waals surface area contributed by atoms with Crippen LogP contribution < -0.4 is 11.2 Å². The van der Waals surface area contributed by atoms with Crippen LogP contribution in [0.4, 0.5) is 0 Å². The lowest BCUT2D eigenvalue weighted by molar-refractivity contribution is -0.194. The summed E-state index contributed by atoms with van der Waals surface area (Å²) in [6, 6.07) is 1.25. The fraction of sp³-hybridized carbons (Fsp3) is 0.643. The Balaban J connectivity index is 1.90. The van der Waals surface area contributed by atoms with E-state index in [0.29, 0.717) is 5.75 Å². The van der Waals surface area contributed by atoms with E-state index in [9.17, 15) is 14.4 Å². The monoisotopic (exact) mass is 342 g/mol. The fourth-order valence-electron chi connectivity index (χ4n) is 2.84. The van der Waals surface area contributed by atoms with E-state index in [1.807, 2.05) is 0 Å². The molecule has 2 fully saturated rings. The van der Waals surface area contributed by atoms with Crippen LogP contribution in [0.1, 0.15) is 27.0 Å². The third kappa shape index (κ3) is 3.27. The molecule has 0 bridgehead atoms. The van der Waals surface area contributed by atoms with Gasteiger partial charge in [0.2, 0.25) is 0 Å². The van der Waals surface area contributed by atoms with Crippen molar-refractivity contribution in [3.8, 4) is 0 Å². The molecule has 3 rings (SSSR count). The van der Waals surface area contributed by atoms with Crippen molar-refractivity contribution in [1.82, 2.24) is 9.55 Å². The molecule has 0 radical (unpaired) electrons. The number of ether oxygens (including phenoxy) is 3. The number of nitrogens with zero attached hydrogens (tertiary/aromatic N) is 1. The van der Waals surface area contributed by atoms with Crippen LogP contribution in [0.2, 0.25) is 0 Å². The highest BCUT2D eigenvalue weighted by Gasteiger charge is 2.55. The van der Waals surface area contributed by atoms with Crippen molar-refractivity contribution < 1.29 is 19.0 Å². The van der Waals surface area contributed by atoms with Gasteiger partial charge in [-0.1, -0.05) is 11.8 Å². The Labute approximate surface area is 136 Å². The predicted molar refractivity (Wildman–Crippen MR) is 82.2 cm³/mol. The molecule has 2 aliphatic rings. The maximum Gasteiger partial charge on any atom is 0.330 e. The van der Waals surface area contributed by atoms with Gasteiger partial charge in [-0.25, -0.2) is 4.79 Å². The van der Waals surface area contributed by atoms with Gasteiger partial charge < -0.3 is 14.2 Å². The molecule has 0 amide bonds. The molecular formula is C14H18N2O6S. The summed E-state index contributed by atoms with van der Waals surface area (Å²) in [5.41, 5.74) is -1.05. The Morgan fingerprint density at radius 2 is 2.04 bits per heavy atom. The van der Waals surface area contributed by atoms with Crippen molar-refractivity contribution in [2.75, 3.05) is 5.75 Å². The Morgan fingerprint density at radius 1 is 1.35 bits per heavy atom. The Bertz CT molecular complexity index is 726. The summed E-state index contributed by atoms with van der Waals surface area (Å²) in [4.78, 5) is 36.6. The normalized spacial score (nSPS) is 32.0. The molecule has 0 unspecified atom stereocenters. The first-order valence-corrected chi connectivity index (χ1v) is 8.21. The lowest BCUT2D eigenvalue weighted by Crippen LogP contribution is -2.37. The number of carbonyl (C=O) groups excluding carboxylic acids is 1. The maximum atomic E-state index is 12.0. The van der Waals surface area contributed by atoms with Gasteiger partial charge >= 0.3 is 5.69 Å². The second-order valence-electron chi connectivity index (χ2n) is 5.95. The lowest BCUT2D eigenvalue weighted by Gasteiger charge is -2.24. The van der Waals surface area contributed by atoms with Gasteiger partial charge in [0.1, 0.15) is 12.2 Å². The van der Waals surface area contributed by atoms with Crippen LogP contribution in [-0.4, -0.2) is 44.5 Å². The number of aromatic amines is 1. The number of H-pyrrole nitrogens is 1. The van der Waals surface area contributed by atoms with Gasteiger partial charge in [-0.05, 0) is 13.8 Å². The van der Waals surface area contributed by atoms with Crippen LogP contribution >= 0.6 is 11.8 Å². The Hall–Kier alpha value is -1.42. The topological polar surface area (TPSA) is 99.6 Å². The minimum absolute atomic E-state index is 0.0204. The highest BCUT2D eigenvalue weighted by Crippen LogP contribution is 2.43. The van der Waals surface area contributed by atoms with Gasteiger partial charge in [0.05, 0.1) is 6.10 Å². The van der Waals surface area contributed by atoms with Crippen molar-refractivity contribution in [2.45, 2.75) is 51.1 Å². The SMILES string of the molecule is CC(=O)SC[C@H]1O[C@@H](n2ccc(=O)[nH]c2=O)[C@@H]2OC(C)(C)O[C@@H]21. The summed E-state index contributed by atoms with van der Waals surface area (Å²) >= 11 is 1.14. The van der Waals surface area contributed by atoms with Crippen molar-refractivity contribution in [3.63, 3.8) is 0 Å². The first-order chi connectivity index (χ1) is 10.8. The van der Waals surface area contributed by atoms with Crippen LogP contribution in [0.3, 0.4) is 0 Å². The van der Waals surface area contributed by atoms with Crippen LogP contribution in [0.5, 0.6) is 0 Å². The largest absolute Gasteiger partial charge is 0.348 e. The molecule has 0 aliphatic carbocycles. The average Bonchev–Trinajstić information content (AvgIpc) is 2.90. The summed E-state index contributed by atoms with van der Waals surface area (Å²) in [5, 5.41) is -0.0204. The minimum Gasteiger partial charge on any atom is -0.348 e. The third-order valence-corrected chi connectivity index (χ3v) is 4.60. The van der Waals surface area contributed by atoms with Gasteiger partial charge in [0, 0.05) is 24.9 Å². The van der Waals surface area contributed by atoms with E-state index in [4.69, 9.17) is 14.2 Å². The number of rotatable bonds is 3. The fourth-order valence-corrected chi connectivity index (χ4v) is 3.51. The molecular weight excluding hydrogens is 324 g/mol. The number of hydrogen-bond donors (Lipinski definition) is 1. The number of thioether (sulfide) groups is 1. The van der Waals surface area contributed by atoms with Crippen molar-refractivity contribution in [1.29, 1.82) is 0 Å². The van der Waals surface area contributed by atoms with Crippen LogP contribution in [0, 0.1) is 0 Å². The van der Waals surface area contributed by atoms with Gasteiger partial charge in [0.15, 0.2) is 17.1 Å². The second-order valence-corrected chi connectivity index (χ2v) is 7.15. The van der Waals surface area contributed by atoms with Crippen molar-refractivity contribution in [2.24, 2.45) is 0 Å². The van der Waals surface area contributed by atoms with Crippen LogP contribution in [-0.2, 0) is 19.0 Å². The van der Waals surface area contributed by atoms with Crippen molar-refractivity contribution >= 4 is 16.9 Å². The van der Waals surface area contributed by atoms with E-state index in [-0.39, 0.29) is 17.3 Å². The van der Waals surface area contributed by atoms with Crippen molar-refractivity contribution in [3.05, 3.63) is 33.1 Å². The second kappa shape index (κ2) is 5.90. The highest BCUT2D eigenvalue weighted by molar-refractivity contribution is 8.13. The summed E-state index contributed by atoms with van der Waals surface area (Å²) in [5.74, 6) is -0.396. The smallest absolute Gasteiger partial charge is 0.330 e. The molecule has 3 heterocycles. The van der Waals surface area contributed by atoms with Crippen LogP contribution in [0.25, 0.3) is 0 Å². The molecule has 0 saturated carbocycles. The predicted octanol–water partition coefficient (Wildman–Crippen LogP) is 0.234. The Kier molecular flexibility index (Phi) is 4.21. The Morgan fingerprint density at radius 3 is 2.70 bits per heavy atom. The van der Waals surface area contributed by atoms with E-state index in [0.717, 1.165) is 11.8 Å². The first-order valence-electron chi connectivity index (χ1n) is 7.23. The number of aromatic nitrogens is 2. The summed E-state index contributed by atoms with van der Waals surface area (Å²) in [6.07, 6.45) is -0.618. The summed E-state index contributed by atoms with van der Waals surface area (Å²) < 4.78 is 18.9. The molecule has 1 aromatic heterocycles. The number of hydrogen-bond acceptors (Lipinski definition) is 7. The molecule has 1 N–H and O–H groups in total. The molecule has 4 atom stereocenters. The van der Waals surface area contributed by atoms with E-state index in [2.05, 4.69) is 4.98 Å². The number of fused-ring (bicyclic) bond motifs is 1. The summed E-state index contributed by atoms with van der Waals surface area (Å²) in [6.45, 7) is 5.05. The molecule has 0 aromatic carbocycles. The molecule has 2 saturated heterocycles. The number of nitrogens with one attached hydrogen (secondary N) is 1. The zero-order valence-electron chi connectivity index (χ0n) is 13.0. The molecule has 2 aliphatic heterocycles. The molecule has 23 heavy (non-hydrogen) atoms. The molecule has 126 valence electrons. The zero-order chi connectivity index (χ0) is 16.8. The average molecular weight is 342 g/mol. The minimum atomic E-state index is -0.803. The molecule has 9 heteroatoms. The molecule has 8 nitrogen and oxygen atoms in total.